The van der Waals surface area contributed by atoms with Crippen molar-refractivity contribution in [3.63, 3.8) is 0 Å². The molecule has 0 aliphatic rings. The van der Waals surface area contributed by atoms with E-state index in [0.29, 0.717) is 12.0 Å². The molecule has 1 amide bonds. The van der Waals surface area contributed by atoms with Gasteiger partial charge in [0, 0.05) is 24.9 Å². The zero-order valence-electron chi connectivity index (χ0n) is 20.4. The highest BCUT2D eigenvalue weighted by Gasteiger charge is 2.15. The number of hydrogen-bond donors (Lipinski definition) is 1. The second kappa shape index (κ2) is 16.8. The molecule has 1 aromatic carbocycles. The quantitative estimate of drug-likeness (QED) is 0.219. The molecule has 174 valence electrons. The highest BCUT2D eigenvalue weighted by atomic mass is 16.1. The van der Waals surface area contributed by atoms with Crippen LogP contribution in [0.1, 0.15) is 102 Å². The summed E-state index contributed by atoms with van der Waals surface area (Å²) in [6.45, 7) is 4.96. The monoisotopic (exact) mass is 428 g/mol. The second-order valence-electron chi connectivity index (χ2n) is 9.62. The summed E-state index contributed by atoms with van der Waals surface area (Å²) in [6, 6.07) is 9.99. The predicted octanol–water partition coefficient (Wildman–Crippen LogP) is 6.34. The van der Waals surface area contributed by atoms with E-state index in [1.165, 1.54) is 69.8 Å². The lowest BCUT2D eigenvalue weighted by Crippen LogP contribution is -2.41. The van der Waals surface area contributed by atoms with Crippen LogP contribution in [0.2, 0.25) is 0 Å². The fourth-order valence-electron chi connectivity index (χ4n) is 4.03. The molecular weight excluding hydrogens is 382 g/mol. The van der Waals surface area contributed by atoms with Crippen LogP contribution in [0.15, 0.2) is 24.3 Å². The predicted molar refractivity (Wildman–Crippen MR) is 131 cm³/mol. The first-order chi connectivity index (χ1) is 15.0. The molecule has 0 heterocycles. The number of carbonyl (C=O) groups is 1. The van der Waals surface area contributed by atoms with Crippen molar-refractivity contribution in [1.29, 1.82) is 5.26 Å². The Morgan fingerprint density at radius 2 is 1.42 bits per heavy atom. The van der Waals surface area contributed by atoms with E-state index in [-0.39, 0.29) is 5.91 Å². The topological polar surface area (TPSA) is 52.9 Å². The summed E-state index contributed by atoms with van der Waals surface area (Å²) >= 11 is 0. The van der Waals surface area contributed by atoms with E-state index in [2.05, 4.69) is 32.4 Å². The molecule has 0 spiro atoms. The first-order valence-electron chi connectivity index (χ1n) is 12.5. The van der Waals surface area contributed by atoms with Gasteiger partial charge in [-0.3, -0.25) is 4.79 Å². The summed E-state index contributed by atoms with van der Waals surface area (Å²) in [4.78, 5) is 12.0. The zero-order chi connectivity index (χ0) is 22.8. The van der Waals surface area contributed by atoms with E-state index in [1.54, 1.807) is 0 Å². The van der Waals surface area contributed by atoms with Gasteiger partial charge in [-0.15, -0.1) is 0 Å². The summed E-state index contributed by atoms with van der Waals surface area (Å²) in [5.41, 5.74) is 1.94. The molecule has 31 heavy (non-hydrogen) atoms. The van der Waals surface area contributed by atoms with Gasteiger partial charge in [0.2, 0.25) is 5.91 Å². The average Bonchev–Trinajstić information content (AvgIpc) is 2.75. The average molecular weight is 429 g/mol. The number of quaternary nitrogens is 1. The third-order valence-corrected chi connectivity index (χ3v) is 5.96. The van der Waals surface area contributed by atoms with Gasteiger partial charge in [0.1, 0.15) is 6.54 Å². The van der Waals surface area contributed by atoms with Gasteiger partial charge in [0.05, 0.1) is 32.3 Å². The maximum Gasteiger partial charge on any atom is 0.219 e. The van der Waals surface area contributed by atoms with Crippen molar-refractivity contribution in [1.82, 2.24) is 5.32 Å². The molecule has 0 atom stereocenters. The first-order valence-corrected chi connectivity index (χ1v) is 12.5. The number of amides is 1. The zero-order valence-corrected chi connectivity index (χ0v) is 20.4. The number of rotatable bonds is 18. The molecule has 1 N–H and O–H groups in total. The Labute approximate surface area is 191 Å². The molecule has 0 saturated carbocycles. The number of nitriles is 1. The van der Waals surface area contributed by atoms with Crippen molar-refractivity contribution in [2.45, 2.75) is 96.9 Å². The minimum absolute atomic E-state index is 0.202. The molecule has 1 rings (SSSR count). The molecule has 0 aliphatic carbocycles. The van der Waals surface area contributed by atoms with Gasteiger partial charge < -0.3 is 9.80 Å². The highest BCUT2D eigenvalue weighted by molar-refractivity contribution is 5.75. The minimum atomic E-state index is 0.202. The molecule has 0 bridgehead atoms. The van der Waals surface area contributed by atoms with Gasteiger partial charge in [-0.1, -0.05) is 83.3 Å². The Bertz CT molecular complexity index is 631. The second-order valence-corrected chi connectivity index (χ2v) is 9.62. The number of nitrogens with one attached hydrogen (secondary N) is 1. The van der Waals surface area contributed by atoms with E-state index in [1.807, 2.05) is 24.3 Å². The van der Waals surface area contributed by atoms with E-state index in [0.717, 1.165) is 37.0 Å². The number of benzene rings is 1. The Morgan fingerprint density at radius 1 is 0.871 bits per heavy atom. The van der Waals surface area contributed by atoms with Gasteiger partial charge in [-0.25, -0.2) is 0 Å². The maximum absolute atomic E-state index is 12.0. The van der Waals surface area contributed by atoms with Gasteiger partial charge >= 0.3 is 0 Å². The van der Waals surface area contributed by atoms with Crippen molar-refractivity contribution < 1.29 is 9.28 Å². The molecular formula is C27H46N3O+. The summed E-state index contributed by atoms with van der Waals surface area (Å²) in [5, 5.41) is 12.0. The number of unbranched alkanes of at least 4 members (excludes halogenated alkanes) is 10. The molecule has 0 unspecified atom stereocenters. The van der Waals surface area contributed by atoms with Crippen LogP contribution in [0.3, 0.4) is 0 Å². The van der Waals surface area contributed by atoms with Crippen LogP contribution >= 0.6 is 0 Å². The lowest BCUT2D eigenvalue weighted by molar-refractivity contribution is -0.903. The molecule has 4 nitrogen and oxygen atoms in total. The number of nitrogens with zero attached hydrogens (tertiary/aromatic N) is 2. The van der Waals surface area contributed by atoms with E-state index >= 15 is 0 Å². The normalized spacial score (nSPS) is 11.3. The van der Waals surface area contributed by atoms with Crippen LogP contribution in [0.5, 0.6) is 0 Å². The minimum Gasteiger partial charge on any atom is -0.356 e. The number of carbonyl (C=O) groups excluding carboxylic acids is 1. The molecule has 4 heteroatoms. The van der Waals surface area contributed by atoms with Gasteiger partial charge in [-0.05, 0) is 18.6 Å². The third-order valence-electron chi connectivity index (χ3n) is 5.96. The molecule has 0 aliphatic heterocycles. The van der Waals surface area contributed by atoms with Crippen molar-refractivity contribution >= 4 is 5.91 Å². The SMILES string of the molecule is CCCCCCCCCCCCCC(=O)NCCC[N+](C)(C)Cc1ccc(C#N)cc1. The standard InChI is InChI=1S/C27H45N3O/c1-4-5-6-7-8-9-10-11-12-13-14-16-27(31)29-21-15-22-30(2,3)24-26-19-17-25(23-28)18-20-26/h17-20H,4-16,21-22,24H2,1-3H3/p+1. The maximum atomic E-state index is 12.0. The Hall–Kier alpha value is -1.86. The van der Waals surface area contributed by atoms with Crippen LogP contribution < -0.4 is 5.32 Å². The fourth-order valence-corrected chi connectivity index (χ4v) is 4.03. The molecule has 0 saturated heterocycles. The Kier molecular flexibility index (Phi) is 14.7. The first kappa shape index (κ1) is 27.2. The Balaban J connectivity index is 1.99. The van der Waals surface area contributed by atoms with E-state index in [4.69, 9.17) is 5.26 Å². The number of hydrogen-bond acceptors (Lipinski definition) is 2. The van der Waals surface area contributed by atoms with Crippen LogP contribution in [-0.4, -0.2) is 37.6 Å². The Morgan fingerprint density at radius 3 is 1.97 bits per heavy atom. The molecule has 0 aromatic heterocycles. The van der Waals surface area contributed by atoms with Crippen molar-refractivity contribution in [2.75, 3.05) is 27.2 Å². The van der Waals surface area contributed by atoms with E-state index in [9.17, 15) is 4.79 Å². The summed E-state index contributed by atoms with van der Waals surface area (Å²) in [7, 11) is 4.43. The van der Waals surface area contributed by atoms with Crippen LogP contribution in [0, 0.1) is 11.3 Å². The smallest absolute Gasteiger partial charge is 0.219 e. The fraction of sp³-hybridized carbons (Fsp3) is 0.704. The van der Waals surface area contributed by atoms with Crippen molar-refractivity contribution in [3.8, 4) is 6.07 Å². The van der Waals surface area contributed by atoms with Crippen LogP contribution in [0.4, 0.5) is 0 Å². The summed E-state index contributed by atoms with van der Waals surface area (Å²) in [5.74, 6) is 0.202. The lowest BCUT2D eigenvalue weighted by Gasteiger charge is -2.30. The van der Waals surface area contributed by atoms with Crippen molar-refractivity contribution in [2.24, 2.45) is 0 Å². The summed E-state index contributed by atoms with van der Waals surface area (Å²) < 4.78 is 0.875. The van der Waals surface area contributed by atoms with Gasteiger partial charge in [0.15, 0.2) is 0 Å². The van der Waals surface area contributed by atoms with Crippen LogP contribution in [0.25, 0.3) is 0 Å². The lowest BCUT2D eigenvalue weighted by atomic mass is 10.1. The van der Waals surface area contributed by atoms with Crippen molar-refractivity contribution in [3.05, 3.63) is 35.4 Å². The van der Waals surface area contributed by atoms with Gasteiger partial charge in [-0.2, -0.15) is 5.26 Å². The molecule has 0 fully saturated rings. The summed E-state index contributed by atoms with van der Waals surface area (Å²) in [6.07, 6.45) is 16.1. The third kappa shape index (κ3) is 14.7. The van der Waals surface area contributed by atoms with E-state index < -0.39 is 0 Å². The van der Waals surface area contributed by atoms with Crippen LogP contribution in [-0.2, 0) is 11.3 Å². The largest absolute Gasteiger partial charge is 0.356 e. The molecule has 0 radical (unpaired) electrons. The van der Waals surface area contributed by atoms with Gasteiger partial charge in [0.25, 0.3) is 0 Å². The highest BCUT2D eigenvalue weighted by Crippen LogP contribution is 2.13. The molecule has 1 aromatic rings.